The number of alkyl halides is 5. The van der Waals surface area contributed by atoms with Crippen LogP contribution in [0.1, 0.15) is 72.2 Å². The van der Waals surface area contributed by atoms with Gasteiger partial charge in [-0.05, 0) is 54.5 Å². The highest BCUT2D eigenvalue weighted by Gasteiger charge is 2.49. The predicted octanol–water partition coefficient (Wildman–Crippen LogP) is 3.55. The highest BCUT2D eigenvalue weighted by Crippen LogP contribution is 2.41. The number of nitrogens with one attached hydrogen (secondary N) is 3. The number of carbonyl (C=O) groups excluding carboxylic acids is 3. The molecule has 0 aromatic carbocycles. The number of urea groups is 1. The molecule has 0 bridgehead atoms. The second-order valence-corrected chi connectivity index (χ2v) is 11.0. The Balaban J connectivity index is 1.35. The van der Waals surface area contributed by atoms with Crippen molar-refractivity contribution in [2.45, 2.75) is 74.7 Å². The molecule has 43 heavy (non-hydrogen) atoms. The van der Waals surface area contributed by atoms with E-state index in [2.05, 4.69) is 25.9 Å². The first-order chi connectivity index (χ1) is 20.4. The minimum absolute atomic E-state index is 0.0173. The Morgan fingerprint density at radius 1 is 1.21 bits per heavy atom. The molecule has 2 aliphatic carbocycles. The van der Waals surface area contributed by atoms with Crippen molar-refractivity contribution in [3.63, 3.8) is 0 Å². The molecule has 3 atom stereocenters. The molecule has 0 radical (unpaired) electrons. The number of halogens is 5. The standard InChI is InChI=1S/C26H30F5N7O5/c1-42-12-16(38-11-17(26(29,30)31)33-24(38)41)15-6-9-32-18(10-15)34-22(39)20(14-4-7-25(27,28)8-5-14)35-23(40)21-19(13-2-3-13)36-43-37-21/h6,9-10,13-14,16-17,20H,2-5,7-8,11-12H2,1H3,(H,33,41)(H,35,40)(H,32,34,39)/t16-,17+,20+/m1/s1. The molecule has 1 saturated heterocycles. The van der Waals surface area contributed by atoms with Crippen LogP contribution in [0.5, 0.6) is 0 Å². The van der Waals surface area contributed by atoms with Gasteiger partial charge in [-0.25, -0.2) is 23.2 Å². The number of hydrogen-bond donors (Lipinski definition) is 3. The van der Waals surface area contributed by atoms with E-state index in [0.29, 0.717) is 11.3 Å². The van der Waals surface area contributed by atoms with Gasteiger partial charge in [0.15, 0.2) is 5.69 Å². The largest absolute Gasteiger partial charge is 0.410 e. The molecule has 3 heterocycles. The maximum absolute atomic E-state index is 13.9. The van der Waals surface area contributed by atoms with Crippen molar-refractivity contribution in [1.82, 2.24) is 30.8 Å². The van der Waals surface area contributed by atoms with Gasteiger partial charge in [-0.15, -0.1) is 0 Å². The van der Waals surface area contributed by atoms with E-state index in [1.807, 2.05) is 5.32 Å². The van der Waals surface area contributed by atoms with E-state index < -0.39 is 73.4 Å². The lowest BCUT2D eigenvalue weighted by Gasteiger charge is -2.33. The molecule has 3 aliphatic rings. The van der Waals surface area contributed by atoms with Gasteiger partial charge >= 0.3 is 12.2 Å². The number of amides is 4. The van der Waals surface area contributed by atoms with Crippen LogP contribution in [0.4, 0.5) is 32.6 Å². The summed E-state index contributed by atoms with van der Waals surface area (Å²) in [6, 6.07) is -2.36. The van der Waals surface area contributed by atoms with Gasteiger partial charge in [0.1, 0.15) is 23.6 Å². The van der Waals surface area contributed by atoms with Crippen molar-refractivity contribution in [1.29, 1.82) is 0 Å². The zero-order valence-corrected chi connectivity index (χ0v) is 23.0. The predicted molar refractivity (Wildman–Crippen MR) is 137 cm³/mol. The van der Waals surface area contributed by atoms with Crippen LogP contribution in [0.25, 0.3) is 0 Å². The maximum Gasteiger partial charge on any atom is 0.410 e. The summed E-state index contributed by atoms with van der Waals surface area (Å²) in [5, 5.41) is 14.6. The summed E-state index contributed by atoms with van der Waals surface area (Å²) in [6.45, 7) is -0.806. The third-order valence-electron chi connectivity index (χ3n) is 7.95. The number of pyridine rings is 1. The van der Waals surface area contributed by atoms with Crippen LogP contribution < -0.4 is 16.0 Å². The van der Waals surface area contributed by atoms with E-state index in [1.54, 1.807) is 0 Å². The monoisotopic (exact) mass is 615 g/mol. The summed E-state index contributed by atoms with van der Waals surface area (Å²) >= 11 is 0. The zero-order valence-electron chi connectivity index (χ0n) is 23.0. The number of ether oxygens (including phenoxy) is 1. The third-order valence-corrected chi connectivity index (χ3v) is 7.95. The average Bonchev–Trinajstić information content (AvgIpc) is 3.53. The highest BCUT2D eigenvalue weighted by molar-refractivity contribution is 6.00. The minimum atomic E-state index is -4.65. The normalized spacial score (nSPS) is 22.1. The van der Waals surface area contributed by atoms with Gasteiger partial charge in [-0.2, -0.15) is 13.2 Å². The van der Waals surface area contributed by atoms with Crippen molar-refractivity contribution in [3.05, 3.63) is 35.3 Å². The lowest BCUT2D eigenvalue weighted by Crippen LogP contribution is -2.50. The lowest BCUT2D eigenvalue weighted by molar-refractivity contribution is -0.150. The van der Waals surface area contributed by atoms with Gasteiger partial charge < -0.3 is 25.6 Å². The number of nitrogens with zero attached hydrogens (tertiary/aromatic N) is 4. The van der Waals surface area contributed by atoms with Gasteiger partial charge in [-0.1, -0.05) is 5.16 Å². The molecule has 12 nitrogen and oxygen atoms in total. The Morgan fingerprint density at radius 3 is 2.56 bits per heavy atom. The summed E-state index contributed by atoms with van der Waals surface area (Å²) in [6.07, 6.45) is -2.74. The van der Waals surface area contributed by atoms with Gasteiger partial charge in [-0.3, -0.25) is 9.59 Å². The summed E-state index contributed by atoms with van der Waals surface area (Å²) in [7, 11) is 1.33. The Labute approximate surface area is 242 Å². The van der Waals surface area contributed by atoms with Gasteiger partial charge in [0.2, 0.25) is 11.8 Å². The molecule has 3 N–H and O–H groups in total. The molecule has 3 fully saturated rings. The highest BCUT2D eigenvalue weighted by atomic mass is 19.4. The molecule has 0 spiro atoms. The van der Waals surface area contributed by atoms with Crippen LogP contribution in [0.2, 0.25) is 0 Å². The van der Waals surface area contributed by atoms with Gasteiger partial charge in [0.25, 0.3) is 5.91 Å². The molecule has 5 rings (SSSR count). The SMILES string of the molecule is COC[C@H](c1ccnc(NC(=O)[C@@H](NC(=O)c2nonc2C2CC2)C2CCC(F)(F)CC2)c1)N1C[C@@H](C(F)(F)F)NC1=O. The number of carbonyl (C=O) groups is 3. The number of anilines is 1. The van der Waals surface area contributed by atoms with Crippen LogP contribution >= 0.6 is 0 Å². The summed E-state index contributed by atoms with van der Waals surface area (Å²) in [5.41, 5.74) is 0.611. The molecule has 0 unspecified atom stereocenters. The molecular weight excluding hydrogens is 585 g/mol. The van der Waals surface area contributed by atoms with Crippen LogP contribution in [-0.4, -0.2) is 82.5 Å². The number of rotatable bonds is 10. The Bertz CT molecular complexity index is 1340. The second-order valence-electron chi connectivity index (χ2n) is 11.0. The zero-order chi connectivity index (χ0) is 30.9. The fourth-order valence-corrected chi connectivity index (χ4v) is 5.44. The van der Waals surface area contributed by atoms with Crippen molar-refractivity contribution < 1.29 is 45.7 Å². The molecular formula is C26H30F5N7O5. The van der Waals surface area contributed by atoms with Crippen LogP contribution in [0.15, 0.2) is 23.0 Å². The quantitative estimate of drug-likeness (QED) is 0.344. The molecule has 234 valence electrons. The Morgan fingerprint density at radius 2 is 1.93 bits per heavy atom. The molecule has 4 amide bonds. The molecule has 2 aromatic rings. The maximum atomic E-state index is 13.9. The van der Waals surface area contributed by atoms with E-state index in [1.165, 1.54) is 25.4 Å². The Kier molecular flexibility index (Phi) is 8.54. The first-order valence-electron chi connectivity index (χ1n) is 13.8. The van der Waals surface area contributed by atoms with E-state index in [4.69, 9.17) is 9.37 Å². The van der Waals surface area contributed by atoms with Gasteiger partial charge in [0, 0.05) is 32.1 Å². The lowest BCUT2D eigenvalue weighted by atomic mass is 9.81. The molecule has 17 heteroatoms. The second kappa shape index (κ2) is 12.0. The number of methoxy groups -OCH3 is 1. The fraction of sp³-hybridized carbons (Fsp3) is 0.615. The van der Waals surface area contributed by atoms with Crippen molar-refractivity contribution in [3.8, 4) is 0 Å². The Hall–Kier alpha value is -3.89. The third kappa shape index (κ3) is 7.02. The van der Waals surface area contributed by atoms with E-state index >= 15 is 0 Å². The van der Waals surface area contributed by atoms with E-state index in [0.717, 1.165) is 17.7 Å². The van der Waals surface area contributed by atoms with Crippen LogP contribution in [0.3, 0.4) is 0 Å². The topological polar surface area (TPSA) is 152 Å². The summed E-state index contributed by atoms with van der Waals surface area (Å²) < 4.78 is 77.5. The number of aromatic nitrogens is 3. The first-order valence-corrected chi connectivity index (χ1v) is 13.8. The molecule has 2 aromatic heterocycles. The smallest absolute Gasteiger partial charge is 0.382 e. The molecule has 1 aliphatic heterocycles. The van der Waals surface area contributed by atoms with E-state index in [9.17, 15) is 36.3 Å². The first kappa shape index (κ1) is 30.6. The van der Waals surface area contributed by atoms with Crippen molar-refractivity contribution in [2.24, 2.45) is 5.92 Å². The minimum Gasteiger partial charge on any atom is -0.382 e. The number of hydrogen-bond acceptors (Lipinski definition) is 8. The van der Waals surface area contributed by atoms with Crippen molar-refractivity contribution >= 4 is 23.7 Å². The summed E-state index contributed by atoms with van der Waals surface area (Å²) in [4.78, 5) is 44.2. The van der Waals surface area contributed by atoms with Crippen molar-refractivity contribution in [2.75, 3.05) is 25.6 Å². The van der Waals surface area contributed by atoms with Gasteiger partial charge in [0.05, 0.1) is 19.2 Å². The van der Waals surface area contributed by atoms with Crippen LogP contribution in [0, 0.1) is 5.92 Å². The summed E-state index contributed by atoms with van der Waals surface area (Å²) in [5.74, 6) is -5.00. The fourth-order valence-electron chi connectivity index (χ4n) is 5.44. The molecule has 2 saturated carbocycles. The van der Waals surface area contributed by atoms with E-state index in [-0.39, 0.29) is 36.9 Å². The average molecular weight is 616 g/mol. The van der Waals surface area contributed by atoms with Crippen LogP contribution in [-0.2, 0) is 9.53 Å².